The van der Waals surface area contributed by atoms with Crippen LogP contribution in [0.1, 0.15) is 40.7 Å². The highest BCUT2D eigenvalue weighted by Gasteiger charge is 2.20. The van der Waals surface area contributed by atoms with Crippen molar-refractivity contribution in [3.8, 4) is 0 Å². The summed E-state index contributed by atoms with van der Waals surface area (Å²) in [6.45, 7) is 5.57. The van der Waals surface area contributed by atoms with Gasteiger partial charge in [0.2, 0.25) is 15.9 Å². The van der Waals surface area contributed by atoms with E-state index in [4.69, 9.17) is 0 Å². The van der Waals surface area contributed by atoms with Crippen LogP contribution in [0.15, 0.2) is 35.2 Å². The third kappa shape index (κ3) is 4.57. The lowest BCUT2D eigenvalue weighted by molar-refractivity contribution is -0.116. The molecule has 1 aliphatic rings. The molecule has 6 heteroatoms. The van der Waals surface area contributed by atoms with Gasteiger partial charge in [0, 0.05) is 18.7 Å². The van der Waals surface area contributed by atoms with E-state index in [1.165, 1.54) is 11.1 Å². The molecule has 5 nitrogen and oxygen atoms in total. The van der Waals surface area contributed by atoms with Gasteiger partial charge in [-0.1, -0.05) is 23.8 Å². The molecule has 0 aromatic heterocycles. The molecule has 0 radical (unpaired) electrons. The van der Waals surface area contributed by atoms with Crippen LogP contribution in [0.3, 0.4) is 0 Å². The molecule has 2 aromatic carbocycles. The second-order valence-corrected chi connectivity index (χ2v) is 8.96. The van der Waals surface area contributed by atoms with Gasteiger partial charge in [0.05, 0.1) is 4.90 Å². The summed E-state index contributed by atoms with van der Waals surface area (Å²) in [5, 5.41) is 2.85. The number of aryl methyl sites for hydroxylation is 5. The number of hydrogen-bond donors (Lipinski definition) is 2. The number of carbonyl (C=O) groups is 1. The smallest absolute Gasteiger partial charge is 0.241 e. The standard InChI is InChI=1S/C21H26N2O3S/c1-14-11-15(2)21(16(3)12-14)27(25,26)22-10-9-20(24)23-19-8-7-17-5-4-6-18(17)13-19/h7-8,11-13,22H,4-6,9-10H2,1-3H3,(H,23,24). The maximum absolute atomic E-state index is 12.6. The van der Waals surface area contributed by atoms with Gasteiger partial charge in [-0.25, -0.2) is 13.1 Å². The highest BCUT2D eigenvalue weighted by molar-refractivity contribution is 7.89. The summed E-state index contributed by atoms with van der Waals surface area (Å²) in [5.74, 6) is -0.201. The molecule has 0 heterocycles. The second kappa shape index (κ2) is 7.82. The Kier molecular flexibility index (Phi) is 5.67. The molecule has 0 bridgehead atoms. The monoisotopic (exact) mass is 386 g/mol. The molecule has 0 spiro atoms. The van der Waals surface area contributed by atoms with E-state index in [1.807, 2.05) is 31.2 Å². The molecule has 0 saturated carbocycles. The zero-order valence-corrected chi connectivity index (χ0v) is 16.9. The normalized spacial score (nSPS) is 13.4. The summed E-state index contributed by atoms with van der Waals surface area (Å²) >= 11 is 0. The Bertz CT molecular complexity index is 958. The number of anilines is 1. The maximum Gasteiger partial charge on any atom is 0.241 e. The van der Waals surface area contributed by atoms with Gasteiger partial charge < -0.3 is 5.32 Å². The molecule has 2 N–H and O–H groups in total. The number of benzene rings is 2. The van der Waals surface area contributed by atoms with E-state index in [0.717, 1.165) is 30.5 Å². The second-order valence-electron chi connectivity index (χ2n) is 7.26. The molecule has 0 saturated heterocycles. The van der Waals surface area contributed by atoms with Crippen LogP contribution < -0.4 is 10.0 Å². The summed E-state index contributed by atoms with van der Waals surface area (Å²) in [6.07, 6.45) is 3.39. The zero-order chi connectivity index (χ0) is 19.6. The fourth-order valence-electron chi connectivity index (χ4n) is 3.83. The van der Waals surface area contributed by atoms with E-state index in [-0.39, 0.29) is 18.9 Å². The molecule has 0 unspecified atom stereocenters. The van der Waals surface area contributed by atoms with Crippen molar-refractivity contribution in [3.05, 3.63) is 58.1 Å². The molecule has 2 aromatic rings. The van der Waals surface area contributed by atoms with E-state index >= 15 is 0 Å². The number of rotatable bonds is 6. The lowest BCUT2D eigenvalue weighted by atomic mass is 10.1. The molecule has 1 amide bonds. The maximum atomic E-state index is 12.6. The predicted octanol–water partition coefficient (Wildman–Crippen LogP) is 3.41. The summed E-state index contributed by atoms with van der Waals surface area (Å²) in [6, 6.07) is 9.68. The van der Waals surface area contributed by atoms with Gasteiger partial charge in [0.15, 0.2) is 0 Å². The van der Waals surface area contributed by atoms with Gasteiger partial charge in [-0.05, 0) is 74.4 Å². The van der Waals surface area contributed by atoms with Gasteiger partial charge in [0.1, 0.15) is 0 Å². The molecule has 3 rings (SSSR count). The molecule has 144 valence electrons. The Morgan fingerprint density at radius 2 is 1.67 bits per heavy atom. The largest absolute Gasteiger partial charge is 0.326 e. The Morgan fingerprint density at radius 1 is 1.00 bits per heavy atom. The number of amides is 1. The fourth-order valence-corrected chi connectivity index (χ4v) is 5.32. The van der Waals surface area contributed by atoms with Crippen molar-refractivity contribution >= 4 is 21.6 Å². The van der Waals surface area contributed by atoms with Gasteiger partial charge in [0.25, 0.3) is 0 Å². The van der Waals surface area contributed by atoms with Crippen LogP contribution >= 0.6 is 0 Å². The number of nitrogens with one attached hydrogen (secondary N) is 2. The third-order valence-electron chi connectivity index (χ3n) is 4.90. The Hall–Kier alpha value is -2.18. The first-order valence-corrected chi connectivity index (χ1v) is 10.7. The van der Waals surface area contributed by atoms with Crippen LogP contribution in [-0.2, 0) is 27.7 Å². The van der Waals surface area contributed by atoms with Crippen LogP contribution in [0.25, 0.3) is 0 Å². The van der Waals surface area contributed by atoms with Crippen molar-refractivity contribution < 1.29 is 13.2 Å². The van der Waals surface area contributed by atoms with E-state index in [2.05, 4.69) is 16.1 Å². The number of sulfonamides is 1. The van der Waals surface area contributed by atoms with E-state index < -0.39 is 10.0 Å². The Morgan fingerprint density at radius 3 is 2.37 bits per heavy atom. The zero-order valence-electron chi connectivity index (χ0n) is 16.1. The number of carbonyl (C=O) groups excluding carboxylic acids is 1. The SMILES string of the molecule is Cc1cc(C)c(S(=O)(=O)NCCC(=O)Nc2ccc3c(c2)CCC3)c(C)c1. The van der Waals surface area contributed by atoms with Gasteiger partial charge in [-0.3, -0.25) is 4.79 Å². The Balaban J connectivity index is 1.58. The van der Waals surface area contributed by atoms with E-state index in [1.54, 1.807) is 13.8 Å². The first-order valence-electron chi connectivity index (χ1n) is 9.25. The Labute approximate surface area is 161 Å². The number of hydrogen-bond acceptors (Lipinski definition) is 3. The van der Waals surface area contributed by atoms with E-state index in [9.17, 15) is 13.2 Å². The summed E-state index contributed by atoms with van der Waals surface area (Å²) in [7, 11) is -3.64. The highest BCUT2D eigenvalue weighted by atomic mass is 32.2. The summed E-state index contributed by atoms with van der Waals surface area (Å²) in [4.78, 5) is 12.5. The average Bonchev–Trinajstić information content (AvgIpc) is 3.00. The third-order valence-corrected chi connectivity index (χ3v) is 6.67. The summed E-state index contributed by atoms with van der Waals surface area (Å²) < 4.78 is 27.8. The van der Waals surface area contributed by atoms with Crippen LogP contribution in [0.4, 0.5) is 5.69 Å². The number of fused-ring (bicyclic) bond motifs is 1. The van der Waals surface area contributed by atoms with Crippen molar-refractivity contribution in [2.75, 3.05) is 11.9 Å². The predicted molar refractivity (Wildman–Crippen MR) is 108 cm³/mol. The van der Waals surface area contributed by atoms with Crippen LogP contribution in [0.2, 0.25) is 0 Å². The molecule has 0 fully saturated rings. The summed E-state index contributed by atoms with van der Waals surface area (Å²) in [5.41, 5.74) is 5.86. The topological polar surface area (TPSA) is 75.3 Å². The molecule has 0 aliphatic heterocycles. The average molecular weight is 387 g/mol. The lowest BCUT2D eigenvalue weighted by Gasteiger charge is -2.13. The molecular weight excluding hydrogens is 360 g/mol. The van der Waals surface area contributed by atoms with Crippen molar-refractivity contribution in [1.29, 1.82) is 0 Å². The minimum absolute atomic E-state index is 0.0614. The van der Waals surface area contributed by atoms with Crippen molar-refractivity contribution in [2.45, 2.75) is 51.3 Å². The van der Waals surface area contributed by atoms with Crippen molar-refractivity contribution in [1.82, 2.24) is 4.72 Å². The molecule has 0 atom stereocenters. The molecule has 27 heavy (non-hydrogen) atoms. The first kappa shape index (κ1) is 19.6. The van der Waals surface area contributed by atoms with Crippen LogP contribution in [0.5, 0.6) is 0 Å². The first-order chi connectivity index (χ1) is 12.8. The lowest BCUT2D eigenvalue weighted by Crippen LogP contribution is -2.29. The van der Waals surface area contributed by atoms with Crippen molar-refractivity contribution in [2.24, 2.45) is 0 Å². The van der Waals surface area contributed by atoms with E-state index in [0.29, 0.717) is 16.0 Å². The molecular formula is C21H26N2O3S. The van der Waals surface area contributed by atoms with Crippen molar-refractivity contribution in [3.63, 3.8) is 0 Å². The molecule has 1 aliphatic carbocycles. The fraction of sp³-hybridized carbons (Fsp3) is 0.381. The highest BCUT2D eigenvalue weighted by Crippen LogP contribution is 2.25. The minimum Gasteiger partial charge on any atom is -0.326 e. The van der Waals surface area contributed by atoms with Crippen LogP contribution in [-0.4, -0.2) is 20.9 Å². The van der Waals surface area contributed by atoms with Gasteiger partial charge >= 0.3 is 0 Å². The minimum atomic E-state index is -3.64. The quantitative estimate of drug-likeness (QED) is 0.799. The van der Waals surface area contributed by atoms with Gasteiger partial charge in [-0.15, -0.1) is 0 Å². The van der Waals surface area contributed by atoms with Gasteiger partial charge in [-0.2, -0.15) is 0 Å². The van der Waals surface area contributed by atoms with Crippen LogP contribution in [0, 0.1) is 20.8 Å².